The molecular formula is C39H44Cl2N8O5. The molecule has 284 valence electrons. The topological polar surface area (TPSA) is 157 Å². The number of carbonyl (C=O) groups is 3. The molecule has 3 aromatic carbocycles. The minimum Gasteiger partial charge on any atom is -0.496 e. The van der Waals surface area contributed by atoms with Crippen molar-refractivity contribution in [1.29, 1.82) is 0 Å². The molecule has 0 radical (unpaired) electrons. The normalized spacial score (nSPS) is 20.8. The maximum atomic E-state index is 14.2. The molecular weight excluding hydrogens is 731 g/mol. The van der Waals surface area contributed by atoms with E-state index in [9.17, 15) is 19.5 Å². The number of halogens is 2. The average Bonchev–Trinajstić information content (AvgIpc) is 3.91. The fourth-order valence-electron chi connectivity index (χ4n) is 8.35. The first-order chi connectivity index (χ1) is 26.1. The molecule has 15 heteroatoms. The Hall–Kier alpha value is -4.56. The first-order valence-electron chi connectivity index (χ1n) is 18.3. The number of carboxylic acid groups (broad SMARTS) is 1. The Balaban J connectivity index is 1.07. The number of hydrogen-bond donors (Lipinski definition) is 3. The molecule has 3 aliphatic heterocycles. The van der Waals surface area contributed by atoms with E-state index in [1.807, 2.05) is 58.4 Å². The number of tetrazole rings is 1. The van der Waals surface area contributed by atoms with Crippen LogP contribution >= 0.6 is 23.2 Å². The number of nitrogens with zero attached hydrogens (tertiary/aromatic N) is 6. The van der Waals surface area contributed by atoms with Crippen LogP contribution in [0.2, 0.25) is 10.0 Å². The van der Waals surface area contributed by atoms with Gasteiger partial charge in [-0.25, -0.2) is 5.01 Å². The van der Waals surface area contributed by atoms with Gasteiger partial charge in [-0.2, -0.15) is 5.21 Å². The van der Waals surface area contributed by atoms with Crippen molar-refractivity contribution in [2.75, 3.05) is 52.9 Å². The molecule has 0 saturated carbocycles. The molecule has 0 bridgehead atoms. The van der Waals surface area contributed by atoms with E-state index in [2.05, 4.69) is 30.9 Å². The van der Waals surface area contributed by atoms with E-state index < -0.39 is 16.8 Å². The number of amides is 2. The Morgan fingerprint density at radius 1 is 0.926 bits per heavy atom. The number of piperidine rings is 2. The number of rotatable bonds is 11. The molecule has 3 aliphatic rings. The highest BCUT2D eigenvalue weighted by atomic mass is 35.5. The summed E-state index contributed by atoms with van der Waals surface area (Å²) in [7, 11) is 1.54. The van der Waals surface area contributed by atoms with E-state index >= 15 is 0 Å². The summed E-state index contributed by atoms with van der Waals surface area (Å²) in [4.78, 5) is 44.1. The number of benzene rings is 3. The molecule has 2 amide bonds. The van der Waals surface area contributed by atoms with Crippen LogP contribution in [0.3, 0.4) is 0 Å². The van der Waals surface area contributed by atoms with Gasteiger partial charge in [0.25, 0.3) is 5.91 Å². The SMILES string of the molecule is COc1ccc(-c2nn[nH]n2)cc1C(=O)N1CCC(CCN2CCC(C(=O)NN3CCC(C(=O)O)CC3)(c3ccccc3)CC2)(c2ccc(Cl)c(Cl)c2)C1. The number of H-pyrrole nitrogens is 1. The summed E-state index contributed by atoms with van der Waals surface area (Å²) < 4.78 is 5.61. The number of aromatic amines is 1. The number of aromatic nitrogens is 4. The molecule has 0 spiro atoms. The van der Waals surface area contributed by atoms with Crippen molar-refractivity contribution >= 4 is 41.0 Å². The summed E-state index contributed by atoms with van der Waals surface area (Å²) in [6.07, 6.45) is 3.77. The third-order valence-electron chi connectivity index (χ3n) is 11.7. The number of likely N-dealkylation sites (tertiary alicyclic amines) is 2. The lowest BCUT2D eigenvalue weighted by molar-refractivity contribution is -0.144. The Morgan fingerprint density at radius 3 is 2.35 bits per heavy atom. The van der Waals surface area contributed by atoms with Gasteiger partial charge in [0.2, 0.25) is 11.7 Å². The summed E-state index contributed by atoms with van der Waals surface area (Å²) in [6, 6.07) is 21.0. The van der Waals surface area contributed by atoms with E-state index in [-0.39, 0.29) is 17.7 Å². The van der Waals surface area contributed by atoms with Crippen molar-refractivity contribution in [2.45, 2.75) is 49.4 Å². The summed E-state index contributed by atoms with van der Waals surface area (Å²) in [6.45, 7) is 4.21. The summed E-state index contributed by atoms with van der Waals surface area (Å²) in [5.41, 5.74) is 5.14. The molecule has 1 unspecified atom stereocenters. The second-order valence-electron chi connectivity index (χ2n) is 14.6. The zero-order valence-corrected chi connectivity index (χ0v) is 31.7. The zero-order valence-electron chi connectivity index (χ0n) is 30.1. The third-order valence-corrected chi connectivity index (χ3v) is 12.4. The monoisotopic (exact) mass is 774 g/mol. The van der Waals surface area contributed by atoms with Gasteiger partial charge < -0.3 is 19.6 Å². The van der Waals surface area contributed by atoms with Crippen LogP contribution in [0.5, 0.6) is 5.75 Å². The number of nitrogens with one attached hydrogen (secondary N) is 2. The molecule has 3 N–H and O–H groups in total. The molecule has 4 heterocycles. The lowest BCUT2D eigenvalue weighted by Crippen LogP contribution is -2.57. The molecule has 3 fully saturated rings. The number of hydrazine groups is 1. The predicted octanol–water partition coefficient (Wildman–Crippen LogP) is 5.22. The van der Waals surface area contributed by atoms with Gasteiger partial charge in [-0.1, -0.05) is 59.6 Å². The Bertz CT molecular complexity index is 1970. The van der Waals surface area contributed by atoms with Gasteiger partial charge in [-0.05, 0) is 105 Å². The number of hydrogen-bond acceptors (Lipinski definition) is 9. The first kappa shape index (κ1) is 37.7. The Morgan fingerprint density at radius 2 is 1.69 bits per heavy atom. The highest BCUT2D eigenvalue weighted by Crippen LogP contribution is 2.43. The van der Waals surface area contributed by atoms with Crippen LogP contribution in [0.4, 0.5) is 0 Å². The van der Waals surface area contributed by atoms with Gasteiger partial charge >= 0.3 is 5.97 Å². The van der Waals surface area contributed by atoms with Crippen molar-refractivity contribution in [3.63, 3.8) is 0 Å². The summed E-state index contributed by atoms with van der Waals surface area (Å²) in [5.74, 6) is -0.504. The fraction of sp³-hybridized carbons (Fsp3) is 0.436. The highest BCUT2D eigenvalue weighted by Gasteiger charge is 2.46. The molecule has 3 saturated heterocycles. The molecule has 54 heavy (non-hydrogen) atoms. The Labute approximate surface area is 323 Å². The van der Waals surface area contributed by atoms with Crippen molar-refractivity contribution < 1.29 is 24.2 Å². The lowest BCUT2D eigenvalue weighted by atomic mass is 9.71. The van der Waals surface area contributed by atoms with Crippen LogP contribution in [0, 0.1) is 5.92 Å². The van der Waals surface area contributed by atoms with Crippen molar-refractivity contribution in [1.82, 2.24) is 40.9 Å². The van der Waals surface area contributed by atoms with Gasteiger partial charge in [0.05, 0.1) is 34.1 Å². The summed E-state index contributed by atoms with van der Waals surface area (Å²) in [5, 5.41) is 26.5. The average molecular weight is 776 g/mol. The van der Waals surface area contributed by atoms with Crippen LogP contribution in [0.15, 0.2) is 66.7 Å². The number of carbonyl (C=O) groups excluding carboxylic acids is 2. The van der Waals surface area contributed by atoms with Crippen LogP contribution in [0.25, 0.3) is 11.4 Å². The van der Waals surface area contributed by atoms with Gasteiger partial charge in [0.15, 0.2) is 0 Å². The molecule has 0 aliphatic carbocycles. The van der Waals surface area contributed by atoms with E-state index in [4.69, 9.17) is 27.9 Å². The van der Waals surface area contributed by atoms with Crippen molar-refractivity contribution in [3.8, 4) is 17.1 Å². The standard InChI is InChI=1S/C39H44Cl2N8O5/c1-54-33-10-7-27(34-42-45-46-43-34)23-30(33)35(50)48-22-14-38(25-48,29-8-9-31(40)32(41)24-29)13-19-47-20-15-39(16-21-47,28-5-3-2-4-6-28)37(53)44-49-17-11-26(12-18-49)36(51)52/h2-10,23-24,26H,11-22,25H2,1H3,(H,44,53)(H,51,52)(H,42,43,45,46). The molecule has 13 nitrogen and oxygen atoms in total. The van der Waals surface area contributed by atoms with E-state index in [0.29, 0.717) is 97.7 Å². The minimum atomic E-state index is -0.779. The number of ether oxygens (including phenoxy) is 1. The van der Waals surface area contributed by atoms with Gasteiger partial charge in [-0.3, -0.25) is 19.8 Å². The smallest absolute Gasteiger partial charge is 0.306 e. The van der Waals surface area contributed by atoms with Crippen LogP contribution in [-0.4, -0.2) is 111 Å². The Kier molecular flexibility index (Phi) is 11.2. The number of aliphatic carboxylic acids is 1. The molecule has 7 rings (SSSR count). The van der Waals surface area contributed by atoms with E-state index in [0.717, 1.165) is 30.5 Å². The number of methoxy groups -OCH3 is 1. The van der Waals surface area contributed by atoms with E-state index in [1.54, 1.807) is 25.3 Å². The highest BCUT2D eigenvalue weighted by molar-refractivity contribution is 6.42. The maximum absolute atomic E-state index is 14.2. The lowest BCUT2D eigenvalue weighted by Gasteiger charge is -2.43. The second kappa shape index (κ2) is 16.0. The molecule has 1 aromatic heterocycles. The molecule has 1 atom stereocenters. The predicted molar refractivity (Wildman–Crippen MR) is 203 cm³/mol. The summed E-state index contributed by atoms with van der Waals surface area (Å²) >= 11 is 13.0. The largest absolute Gasteiger partial charge is 0.496 e. The van der Waals surface area contributed by atoms with E-state index in [1.165, 1.54) is 0 Å². The third kappa shape index (κ3) is 7.68. The van der Waals surface area contributed by atoms with Crippen molar-refractivity contribution in [3.05, 3.63) is 93.5 Å². The van der Waals surface area contributed by atoms with Crippen LogP contribution < -0.4 is 10.2 Å². The van der Waals surface area contributed by atoms with Crippen LogP contribution in [0.1, 0.15) is 60.0 Å². The van der Waals surface area contributed by atoms with Crippen LogP contribution in [-0.2, 0) is 20.4 Å². The van der Waals surface area contributed by atoms with Gasteiger partial charge in [0.1, 0.15) is 5.75 Å². The second-order valence-corrected chi connectivity index (χ2v) is 15.4. The zero-order chi connectivity index (χ0) is 37.9. The van der Waals surface area contributed by atoms with Gasteiger partial charge in [0, 0.05) is 37.2 Å². The van der Waals surface area contributed by atoms with Crippen molar-refractivity contribution in [2.24, 2.45) is 5.92 Å². The van der Waals surface area contributed by atoms with Gasteiger partial charge in [-0.15, -0.1) is 10.2 Å². The molecule has 4 aromatic rings. The first-order valence-corrected chi connectivity index (χ1v) is 19.1. The maximum Gasteiger partial charge on any atom is 0.306 e. The fourth-order valence-corrected chi connectivity index (χ4v) is 8.65. The minimum absolute atomic E-state index is 0.0434. The quantitative estimate of drug-likeness (QED) is 0.185. The number of carboxylic acids is 1.